The Labute approximate surface area is 164 Å². The molecule has 1 heterocycles. The number of para-hydroxylation sites is 1. The lowest BCUT2D eigenvalue weighted by Gasteiger charge is -2.18. The molecule has 146 valence electrons. The van der Waals surface area contributed by atoms with Gasteiger partial charge in [-0.3, -0.25) is 10.1 Å². The van der Waals surface area contributed by atoms with Gasteiger partial charge in [0.25, 0.3) is 0 Å². The van der Waals surface area contributed by atoms with E-state index >= 15 is 0 Å². The van der Waals surface area contributed by atoms with Gasteiger partial charge in [-0.25, -0.2) is 4.79 Å². The van der Waals surface area contributed by atoms with Gasteiger partial charge in [-0.15, -0.1) is 0 Å². The first-order valence-corrected chi connectivity index (χ1v) is 9.60. The van der Waals surface area contributed by atoms with Gasteiger partial charge in [-0.2, -0.15) is 0 Å². The van der Waals surface area contributed by atoms with Crippen LogP contribution in [0.15, 0.2) is 66.9 Å². The van der Waals surface area contributed by atoms with Crippen LogP contribution in [0.25, 0.3) is 10.9 Å². The lowest BCUT2D eigenvalue weighted by Crippen LogP contribution is -2.45. The Morgan fingerprint density at radius 1 is 1.00 bits per heavy atom. The number of hydrogen-bond acceptors (Lipinski definition) is 3. The third-order valence-electron chi connectivity index (χ3n) is 4.57. The molecule has 0 fully saturated rings. The number of aryl methyl sites for hydroxylation is 1. The smallest absolute Gasteiger partial charge is 0.321 e. The summed E-state index contributed by atoms with van der Waals surface area (Å²) in [7, 11) is 0. The average molecular weight is 378 g/mol. The van der Waals surface area contributed by atoms with Crippen molar-refractivity contribution in [1.82, 2.24) is 20.5 Å². The molecule has 0 saturated heterocycles. The second-order valence-electron chi connectivity index (χ2n) is 6.57. The van der Waals surface area contributed by atoms with Gasteiger partial charge >= 0.3 is 6.03 Å². The number of urea groups is 1. The summed E-state index contributed by atoms with van der Waals surface area (Å²) >= 11 is 0. The highest BCUT2D eigenvalue weighted by molar-refractivity contribution is 5.97. The number of fused-ring (bicyclic) bond motifs is 1. The van der Waals surface area contributed by atoms with Crippen molar-refractivity contribution in [2.75, 3.05) is 13.1 Å². The van der Waals surface area contributed by atoms with Crippen LogP contribution in [0.1, 0.15) is 24.9 Å². The number of carbonyl (C=O) groups is 2. The normalized spacial score (nSPS) is 11.9. The van der Waals surface area contributed by atoms with Crippen LogP contribution in [0.4, 0.5) is 4.79 Å². The molecule has 0 saturated carbocycles. The molecule has 3 N–H and O–H groups in total. The fourth-order valence-corrected chi connectivity index (χ4v) is 3.23. The molecular formula is C22H26N4O2. The van der Waals surface area contributed by atoms with E-state index in [0.717, 1.165) is 18.5 Å². The molecule has 28 heavy (non-hydrogen) atoms. The van der Waals surface area contributed by atoms with Crippen molar-refractivity contribution in [3.63, 3.8) is 0 Å². The Bertz CT molecular complexity index is 920. The third kappa shape index (κ3) is 4.98. The fraction of sp³-hybridized carbons (Fsp3) is 0.273. The predicted octanol–water partition coefficient (Wildman–Crippen LogP) is 3.21. The van der Waals surface area contributed by atoms with Crippen molar-refractivity contribution in [2.45, 2.75) is 25.9 Å². The van der Waals surface area contributed by atoms with Crippen LogP contribution in [0.2, 0.25) is 0 Å². The highest BCUT2D eigenvalue weighted by atomic mass is 16.2. The predicted molar refractivity (Wildman–Crippen MR) is 111 cm³/mol. The summed E-state index contributed by atoms with van der Waals surface area (Å²) in [6.45, 7) is 3.77. The quantitative estimate of drug-likeness (QED) is 0.527. The van der Waals surface area contributed by atoms with Gasteiger partial charge in [0.05, 0.1) is 0 Å². The SMILES string of the molecule is CCNC(=O)NC(=O)[C@@H](NCCCn1ccc2ccccc21)c1ccccc1. The number of carbonyl (C=O) groups excluding carboxylic acids is 2. The molecule has 0 aliphatic carbocycles. The number of nitrogens with zero attached hydrogens (tertiary/aromatic N) is 1. The number of rotatable bonds is 8. The largest absolute Gasteiger partial charge is 0.347 e. The molecule has 1 aromatic heterocycles. The molecular weight excluding hydrogens is 352 g/mol. The number of nitrogens with one attached hydrogen (secondary N) is 3. The molecule has 1 atom stereocenters. The zero-order valence-electron chi connectivity index (χ0n) is 16.0. The number of imide groups is 1. The van der Waals surface area contributed by atoms with Gasteiger partial charge in [0.2, 0.25) is 5.91 Å². The van der Waals surface area contributed by atoms with E-state index in [0.29, 0.717) is 13.1 Å². The maximum Gasteiger partial charge on any atom is 0.321 e. The van der Waals surface area contributed by atoms with E-state index in [9.17, 15) is 9.59 Å². The maximum atomic E-state index is 12.6. The number of benzene rings is 2. The molecule has 0 unspecified atom stereocenters. The minimum Gasteiger partial charge on any atom is -0.347 e. The van der Waals surface area contributed by atoms with E-state index in [1.54, 1.807) is 0 Å². The molecule has 3 aromatic rings. The molecule has 0 radical (unpaired) electrons. The molecule has 0 aliphatic rings. The molecule has 3 amide bonds. The summed E-state index contributed by atoms with van der Waals surface area (Å²) in [5, 5.41) is 9.49. The molecule has 0 aliphatic heterocycles. The van der Waals surface area contributed by atoms with E-state index in [1.165, 1.54) is 10.9 Å². The Hall–Kier alpha value is -3.12. The van der Waals surface area contributed by atoms with Crippen LogP contribution in [0, 0.1) is 0 Å². The minimum atomic E-state index is -0.579. The Balaban J connectivity index is 1.60. The topological polar surface area (TPSA) is 75.2 Å². The maximum absolute atomic E-state index is 12.6. The highest BCUT2D eigenvalue weighted by Crippen LogP contribution is 2.16. The molecule has 6 nitrogen and oxygen atoms in total. The van der Waals surface area contributed by atoms with Crippen LogP contribution in [-0.2, 0) is 11.3 Å². The second kappa shape index (κ2) is 9.71. The fourth-order valence-electron chi connectivity index (χ4n) is 3.23. The van der Waals surface area contributed by atoms with Gasteiger partial charge in [-0.05, 0) is 43.0 Å². The van der Waals surface area contributed by atoms with Crippen molar-refractivity contribution in [1.29, 1.82) is 0 Å². The minimum absolute atomic E-state index is 0.358. The van der Waals surface area contributed by atoms with Crippen molar-refractivity contribution in [3.05, 3.63) is 72.4 Å². The molecule has 0 spiro atoms. The third-order valence-corrected chi connectivity index (χ3v) is 4.57. The van der Waals surface area contributed by atoms with Gasteiger partial charge in [0, 0.05) is 24.8 Å². The van der Waals surface area contributed by atoms with Gasteiger partial charge in [-0.1, -0.05) is 48.5 Å². The average Bonchev–Trinajstić information content (AvgIpc) is 3.12. The summed E-state index contributed by atoms with van der Waals surface area (Å²) in [6, 6.07) is 18.8. The number of aromatic nitrogens is 1. The van der Waals surface area contributed by atoms with Gasteiger partial charge in [0.1, 0.15) is 6.04 Å². The summed E-state index contributed by atoms with van der Waals surface area (Å²) in [5.74, 6) is -0.358. The Kier molecular flexibility index (Phi) is 6.81. The van der Waals surface area contributed by atoms with E-state index in [2.05, 4.69) is 44.9 Å². The van der Waals surface area contributed by atoms with E-state index in [4.69, 9.17) is 0 Å². The number of hydrogen-bond donors (Lipinski definition) is 3. The monoisotopic (exact) mass is 378 g/mol. The van der Waals surface area contributed by atoms with E-state index in [-0.39, 0.29) is 5.91 Å². The van der Waals surface area contributed by atoms with Crippen LogP contribution in [-0.4, -0.2) is 29.6 Å². The van der Waals surface area contributed by atoms with Crippen LogP contribution in [0.3, 0.4) is 0 Å². The lowest BCUT2D eigenvalue weighted by atomic mass is 10.1. The first kappa shape index (κ1) is 19.6. The zero-order valence-corrected chi connectivity index (χ0v) is 16.0. The summed E-state index contributed by atoms with van der Waals surface area (Å²) in [6.07, 6.45) is 2.94. The van der Waals surface area contributed by atoms with Crippen LogP contribution >= 0.6 is 0 Å². The van der Waals surface area contributed by atoms with Crippen LogP contribution in [0.5, 0.6) is 0 Å². The van der Waals surface area contributed by atoms with Crippen molar-refractivity contribution >= 4 is 22.8 Å². The summed E-state index contributed by atoms with van der Waals surface area (Å²) in [5.41, 5.74) is 2.03. The Morgan fingerprint density at radius 3 is 2.54 bits per heavy atom. The number of amides is 3. The lowest BCUT2D eigenvalue weighted by molar-refractivity contribution is -0.122. The Morgan fingerprint density at radius 2 is 1.75 bits per heavy atom. The van der Waals surface area contributed by atoms with Gasteiger partial charge in [0.15, 0.2) is 0 Å². The van der Waals surface area contributed by atoms with E-state index in [1.807, 2.05) is 49.4 Å². The molecule has 3 rings (SSSR count). The molecule has 2 aromatic carbocycles. The first-order chi connectivity index (χ1) is 13.7. The van der Waals surface area contributed by atoms with E-state index < -0.39 is 12.1 Å². The second-order valence-corrected chi connectivity index (χ2v) is 6.57. The zero-order chi connectivity index (χ0) is 19.8. The van der Waals surface area contributed by atoms with Gasteiger partial charge < -0.3 is 15.2 Å². The summed E-state index contributed by atoms with van der Waals surface area (Å²) < 4.78 is 2.21. The van der Waals surface area contributed by atoms with Crippen molar-refractivity contribution in [2.24, 2.45) is 0 Å². The van der Waals surface area contributed by atoms with Crippen molar-refractivity contribution < 1.29 is 9.59 Å². The molecule has 0 bridgehead atoms. The standard InChI is InChI=1S/C22H26N4O2/c1-2-23-22(28)25-21(27)20(18-10-4-3-5-11-18)24-14-8-15-26-16-13-17-9-6-7-12-19(17)26/h3-7,9-13,16,20,24H,2,8,14-15H2,1H3,(H2,23,25,27,28)/t20-/m0/s1. The molecule has 6 heteroatoms. The highest BCUT2D eigenvalue weighted by Gasteiger charge is 2.21. The van der Waals surface area contributed by atoms with Crippen LogP contribution < -0.4 is 16.0 Å². The first-order valence-electron chi connectivity index (χ1n) is 9.60. The van der Waals surface area contributed by atoms with Crippen molar-refractivity contribution in [3.8, 4) is 0 Å². The summed E-state index contributed by atoms with van der Waals surface area (Å²) in [4.78, 5) is 24.3.